The number of rotatable bonds is 9. The molecule has 3 N–H and O–H groups in total. The number of hydrogen-bond acceptors (Lipinski definition) is 8. The van der Waals surface area contributed by atoms with Crippen molar-refractivity contribution in [2.24, 2.45) is 0 Å². The number of carboxylic acids is 1. The summed E-state index contributed by atoms with van der Waals surface area (Å²) in [6.07, 6.45) is -1.38. The van der Waals surface area contributed by atoms with E-state index >= 15 is 0 Å². The predicted molar refractivity (Wildman–Crippen MR) is 130 cm³/mol. The number of carbonyl (C=O) groups excluding carboxylic acids is 2. The van der Waals surface area contributed by atoms with Crippen LogP contribution >= 0.6 is 0 Å². The molecule has 198 valence electrons. The highest BCUT2D eigenvalue weighted by Gasteiger charge is 2.45. The van der Waals surface area contributed by atoms with E-state index in [9.17, 15) is 38.0 Å². The summed E-state index contributed by atoms with van der Waals surface area (Å²) in [6, 6.07) is 9.37. The third kappa shape index (κ3) is 6.71. The normalized spacial score (nSPS) is 16.6. The molecule has 0 radical (unpaired) electrons. The number of hydrogen-bond donors (Lipinski definition) is 3. The van der Waals surface area contributed by atoms with Gasteiger partial charge in [-0.1, -0.05) is 12.1 Å². The number of sulfonamides is 1. The molecule has 2 unspecified atom stereocenters. The second kappa shape index (κ2) is 11.2. The van der Waals surface area contributed by atoms with Gasteiger partial charge >= 0.3 is 12.0 Å². The molecule has 0 spiro atoms. The van der Waals surface area contributed by atoms with Gasteiger partial charge in [-0.2, -0.15) is 4.31 Å². The minimum Gasteiger partial charge on any atom is -0.497 e. The van der Waals surface area contributed by atoms with Crippen molar-refractivity contribution in [3.63, 3.8) is 0 Å². The third-order valence-electron chi connectivity index (χ3n) is 5.57. The molecule has 2 aromatic carbocycles. The third-order valence-corrected chi connectivity index (χ3v) is 6.80. The van der Waals surface area contributed by atoms with Gasteiger partial charge in [0.05, 0.1) is 30.8 Å². The Balaban J connectivity index is 1.89. The van der Waals surface area contributed by atoms with Crippen molar-refractivity contribution in [2.75, 3.05) is 31.8 Å². The Morgan fingerprint density at radius 2 is 1.86 bits per heavy atom. The van der Waals surface area contributed by atoms with Crippen molar-refractivity contribution in [2.45, 2.75) is 18.6 Å². The number of amides is 3. The van der Waals surface area contributed by atoms with Crippen LogP contribution in [0.1, 0.15) is 18.0 Å². The number of methoxy groups -OCH3 is 1. The maximum atomic E-state index is 13.4. The summed E-state index contributed by atoms with van der Waals surface area (Å²) < 4.78 is 30.7. The van der Waals surface area contributed by atoms with Gasteiger partial charge in [-0.25, -0.2) is 13.2 Å². The Kier molecular flexibility index (Phi) is 8.29. The van der Waals surface area contributed by atoms with Crippen molar-refractivity contribution in [3.8, 4) is 5.75 Å². The summed E-state index contributed by atoms with van der Waals surface area (Å²) in [5.41, 5.74) is 0.174. The molecule has 1 heterocycles. The van der Waals surface area contributed by atoms with Gasteiger partial charge < -0.3 is 20.5 Å². The van der Waals surface area contributed by atoms with Crippen LogP contribution in [0, 0.1) is 10.1 Å². The number of carboxylic acid groups (broad SMARTS) is 1. The number of nitro groups is 1. The van der Waals surface area contributed by atoms with Crippen molar-refractivity contribution < 1.29 is 37.6 Å². The molecule has 3 rings (SSSR count). The summed E-state index contributed by atoms with van der Waals surface area (Å²) >= 11 is 0. The molecule has 0 saturated carbocycles. The molecule has 1 aliphatic rings. The van der Waals surface area contributed by atoms with Gasteiger partial charge in [-0.3, -0.25) is 24.6 Å². The van der Waals surface area contributed by atoms with Crippen LogP contribution in [0.2, 0.25) is 0 Å². The molecule has 1 fully saturated rings. The molecule has 0 aromatic heterocycles. The summed E-state index contributed by atoms with van der Waals surface area (Å²) in [7, 11) is -2.48. The minimum atomic E-state index is -3.96. The van der Waals surface area contributed by atoms with Crippen molar-refractivity contribution in [1.82, 2.24) is 14.5 Å². The molecule has 2 atom stereocenters. The highest BCUT2D eigenvalue weighted by Crippen LogP contribution is 2.25. The fraction of sp³-hybridized carbons (Fsp3) is 0.318. The molecular formula is C22H25N5O9S. The van der Waals surface area contributed by atoms with Gasteiger partial charge in [-0.15, -0.1) is 0 Å². The number of carbonyl (C=O) groups is 3. The van der Waals surface area contributed by atoms with E-state index in [0.29, 0.717) is 11.4 Å². The predicted octanol–water partition coefficient (Wildman–Crippen LogP) is 1.37. The van der Waals surface area contributed by atoms with Gasteiger partial charge in [0.2, 0.25) is 10.0 Å². The second-order valence-corrected chi connectivity index (χ2v) is 10.0. The van der Waals surface area contributed by atoms with E-state index in [1.165, 1.54) is 25.3 Å². The van der Waals surface area contributed by atoms with Crippen LogP contribution < -0.4 is 15.4 Å². The smallest absolute Gasteiger partial charge is 0.323 e. The first-order valence-electron chi connectivity index (χ1n) is 10.9. The van der Waals surface area contributed by atoms with E-state index in [-0.39, 0.29) is 24.3 Å². The fourth-order valence-electron chi connectivity index (χ4n) is 3.84. The lowest BCUT2D eigenvalue weighted by Crippen LogP contribution is -2.55. The maximum Gasteiger partial charge on any atom is 0.323 e. The molecule has 14 nitrogen and oxygen atoms in total. The van der Waals surface area contributed by atoms with Crippen LogP contribution in [0.5, 0.6) is 5.75 Å². The molecule has 3 amide bonds. The first-order valence-corrected chi connectivity index (χ1v) is 12.7. The molecule has 1 aliphatic heterocycles. The lowest BCUT2D eigenvalue weighted by molar-refractivity contribution is -0.384. The van der Waals surface area contributed by atoms with Crippen LogP contribution in [0.15, 0.2) is 48.5 Å². The van der Waals surface area contributed by atoms with Gasteiger partial charge in [0.15, 0.2) is 6.17 Å². The average molecular weight is 536 g/mol. The molecule has 0 aliphatic carbocycles. The van der Waals surface area contributed by atoms with Crippen molar-refractivity contribution in [1.29, 1.82) is 0 Å². The van der Waals surface area contributed by atoms with E-state index < -0.39 is 51.5 Å². The van der Waals surface area contributed by atoms with Crippen LogP contribution in [0.4, 0.5) is 16.2 Å². The van der Waals surface area contributed by atoms with E-state index in [1.54, 1.807) is 24.3 Å². The molecular weight excluding hydrogens is 510 g/mol. The monoisotopic (exact) mass is 535 g/mol. The molecule has 37 heavy (non-hydrogen) atoms. The Morgan fingerprint density at radius 3 is 2.43 bits per heavy atom. The standard InChI is InChI=1S/C22H25N5O9S/c1-36-17-8-6-15(7-9-17)23-22(31)25-10-11-26(37(2,34)35)21(25)20(30)24-18(13-19(28)29)14-4-3-5-16(12-14)27(32)33/h3-9,12,18,21H,10-11,13H2,1-2H3,(H,23,31)(H,24,30)(H,28,29). The fourth-order valence-corrected chi connectivity index (χ4v) is 4.82. The van der Waals surface area contributed by atoms with Crippen molar-refractivity contribution >= 4 is 39.3 Å². The van der Waals surface area contributed by atoms with Crippen molar-refractivity contribution in [3.05, 3.63) is 64.2 Å². The summed E-state index contributed by atoms with van der Waals surface area (Å²) in [6.45, 7) is -0.291. The lowest BCUT2D eigenvalue weighted by Gasteiger charge is -2.29. The number of nitrogens with one attached hydrogen (secondary N) is 2. The van der Waals surface area contributed by atoms with Crippen LogP contribution in [0.25, 0.3) is 0 Å². The number of non-ortho nitro benzene ring substituents is 1. The highest BCUT2D eigenvalue weighted by molar-refractivity contribution is 7.88. The summed E-state index contributed by atoms with van der Waals surface area (Å²) in [5, 5.41) is 25.5. The van der Waals surface area contributed by atoms with Gasteiger partial charge in [0.1, 0.15) is 5.75 Å². The first kappa shape index (κ1) is 27.3. The Labute approximate surface area is 212 Å². The molecule has 0 bridgehead atoms. The number of nitro benzene ring substituents is 1. The summed E-state index contributed by atoms with van der Waals surface area (Å²) in [4.78, 5) is 49.3. The largest absolute Gasteiger partial charge is 0.497 e. The number of anilines is 1. The summed E-state index contributed by atoms with van der Waals surface area (Å²) in [5.74, 6) is -1.73. The lowest BCUT2D eigenvalue weighted by atomic mass is 10.0. The minimum absolute atomic E-state index is 0.118. The topological polar surface area (TPSA) is 188 Å². The number of ether oxygens (including phenoxy) is 1. The maximum absolute atomic E-state index is 13.4. The van der Waals surface area contributed by atoms with Gasteiger partial charge in [-0.05, 0) is 29.8 Å². The molecule has 1 saturated heterocycles. The highest BCUT2D eigenvalue weighted by atomic mass is 32.2. The Bertz CT molecular complexity index is 1300. The Hall–Kier alpha value is -4.24. The molecule has 15 heteroatoms. The average Bonchev–Trinajstić information content (AvgIpc) is 3.30. The van der Waals surface area contributed by atoms with E-state index in [4.69, 9.17) is 4.74 Å². The number of urea groups is 1. The zero-order valence-electron chi connectivity index (χ0n) is 19.9. The first-order chi connectivity index (χ1) is 17.4. The van der Waals surface area contributed by atoms with Crippen LogP contribution in [0.3, 0.4) is 0 Å². The number of aliphatic carboxylic acids is 1. The Morgan fingerprint density at radius 1 is 1.19 bits per heavy atom. The van der Waals surface area contributed by atoms with Crippen LogP contribution in [-0.2, 0) is 19.6 Å². The second-order valence-electron chi connectivity index (χ2n) is 8.11. The SMILES string of the molecule is COc1ccc(NC(=O)N2CCN(S(C)(=O)=O)C2C(=O)NC(CC(=O)O)c2cccc([N+](=O)[O-])c2)cc1. The zero-order chi connectivity index (χ0) is 27.3. The van der Waals surface area contributed by atoms with Gasteiger partial charge in [0.25, 0.3) is 11.6 Å². The zero-order valence-corrected chi connectivity index (χ0v) is 20.7. The van der Waals surface area contributed by atoms with Crippen LogP contribution in [-0.4, -0.2) is 78.2 Å². The van der Waals surface area contributed by atoms with Gasteiger partial charge in [0, 0.05) is 30.9 Å². The van der Waals surface area contributed by atoms with E-state index in [2.05, 4.69) is 10.6 Å². The van der Waals surface area contributed by atoms with E-state index in [0.717, 1.165) is 21.5 Å². The number of nitrogens with zero attached hydrogens (tertiary/aromatic N) is 3. The quantitative estimate of drug-likeness (QED) is 0.315. The molecule has 2 aromatic rings. The number of benzene rings is 2. The van der Waals surface area contributed by atoms with E-state index in [1.807, 2.05) is 0 Å².